The van der Waals surface area contributed by atoms with E-state index in [0.29, 0.717) is 11.4 Å². The van der Waals surface area contributed by atoms with Crippen LogP contribution in [0.25, 0.3) is 0 Å². The zero-order chi connectivity index (χ0) is 24.1. The predicted molar refractivity (Wildman–Crippen MR) is 140 cm³/mol. The molecule has 0 radical (unpaired) electrons. The topological polar surface area (TPSA) is 77.4 Å². The normalized spacial score (nSPS) is 13.3. The molecule has 0 saturated carbocycles. The minimum Gasteiger partial charge on any atom is -0.378 e. The number of halogens is 1. The lowest BCUT2D eigenvalue weighted by Gasteiger charge is -2.22. The van der Waals surface area contributed by atoms with E-state index >= 15 is 0 Å². The highest BCUT2D eigenvalue weighted by atomic mass is 79.9. The van der Waals surface area contributed by atoms with Crippen LogP contribution in [0.2, 0.25) is 0 Å². The van der Waals surface area contributed by atoms with Crippen LogP contribution >= 0.6 is 15.9 Å². The molecule has 1 aliphatic heterocycles. The average Bonchev–Trinajstić information content (AvgIpc) is 2.96. The lowest BCUT2D eigenvalue weighted by Crippen LogP contribution is -2.40. The predicted octanol–water partition coefficient (Wildman–Crippen LogP) is 3.85. The molecule has 0 aromatic heterocycles. The highest BCUT2D eigenvalue weighted by molar-refractivity contribution is 9.10. The minimum atomic E-state index is -0.397. The number of benzene rings is 3. The van der Waals surface area contributed by atoms with Crippen molar-refractivity contribution in [2.75, 3.05) is 37.0 Å². The molecule has 3 aromatic rings. The van der Waals surface area contributed by atoms with Crippen molar-refractivity contribution in [2.45, 2.75) is 0 Å². The van der Waals surface area contributed by atoms with Crippen molar-refractivity contribution in [3.05, 3.63) is 94.0 Å². The third-order valence-electron chi connectivity index (χ3n) is 5.34. The number of carbonyl (C=O) groups is 2. The smallest absolute Gasteiger partial charge is 0.260 e. The van der Waals surface area contributed by atoms with Crippen LogP contribution in [0.4, 0.5) is 11.4 Å². The number of benzodiazepines with no additional fused rings is 1. The maximum Gasteiger partial charge on any atom is 0.260 e. The van der Waals surface area contributed by atoms with Gasteiger partial charge < -0.3 is 9.80 Å². The summed E-state index contributed by atoms with van der Waals surface area (Å²) in [6.45, 7) is -0.215. The number of anilines is 2. The molecule has 1 aliphatic rings. The molecular formula is C26H24BrN5O2. The number of nitrogens with one attached hydrogen (secondary N) is 1. The zero-order valence-corrected chi connectivity index (χ0v) is 20.5. The van der Waals surface area contributed by atoms with E-state index in [4.69, 9.17) is 0 Å². The molecule has 0 bridgehead atoms. The maximum atomic E-state index is 12.9. The molecule has 2 amide bonds. The Morgan fingerprint density at radius 1 is 1.12 bits per heavy atom. The fourth-order valence-corrected chi connectivity index (χ4v) is 3.98. The van der Waals surface area contributed by atoms with Crippen LogP contribution in [0.3, 0.4) is 0 Å². The zero-order valence-electron chi connectivity index (χ0n) is 18.9. The minimum absolute atomic E-state index is 0.0503. The Labute approximate surface area is 206 Å². The number of carbonyl (C=O) groups excluding carboxylic acids is 2. The summed E-state index contributed by atoms with van der Waals surface area (Å²) in [6.07, 6.45) is 1.57. The van der Waals surface area contributed by atoms with Crippen LogP contribution in [0.15, 0.2) is 87.4 Å². The number of aliphatic imine (C=N–C) groups is 1. The first-order valence-electron chi connectivity index (χ1n) is 10.7. The third kappa shape index (κ3) is 5.40. The number of nitrogens with zero attached hydrogens (tertiary/aromatic N) is 4. The Balaban J connectivity index is 1.52. The second-order valence-corrected chi connectivity index (χ2v) is 8.87. The molecule has 34 heavy (non-hydrogen) atoms. The Hall–Kier alpha value is -3.78. The Bertz CT molecular complexity index is 1250. The van der Waals surface area contributed by atoms with E-state index < -0.39 is 5.91 Å². The van der Waals surface area contributed by atoms with Gasteiger partial charge in [0.05, 0.1) is 17.6 Å². The molecule has 8 heteroatoms. The van der Waals surface area contributed by atoms with Crippen LogP contribution in [0.1, 0.15) is 16.7 Å². The van der Waals surface area contributed by atoms with Gasteiger partial charge in [0.2, 0.25) is 5.91 Å². The standard InChI is InChI=1S/C26H24BrN5O2/c1-31(2)21-11-8-18(9-12-21)15-29-30-24(33)17-32-23-13-10-20(27)14-22(23)26(28-16-25(32)34)19-6-4-3-5-7-19/h3-15H,16-17H2,1-2H3,(H,30,33). The van der Waals surface area contributed by atoms with Crippen molar-refractivity contribution in [1.29, 1.82) is 0 Å². The van der Waals surface area contributed by atoms with Crippen molar-refractivity contribution in [3.63, 3.8) is 0 Å². The van der Waals surface area contributed by atoms with Crippen molar-refractivity contribution in [3.8, 4) is 0 Å². The molecule has 0 spiro atoms. The van der Waals surface area contributed by atoms with Crippen molar-refractivity contribution >= 4 is 51.0 Å². The van der Waals surface area contributed by atoms with E-state index in [1.165, 1.54) is 4.90 Å². The Kier molecular flexibility index (Phi) is 7.18. The molecule has 4 rings (SSSR count). The molecule has 1 heterocycles. The molecular weight excluding hydrogens is 494 g/mol. The van der Waals surface area contributed by atoms with Gasteiger partial charge in [-0.15, -0.1) is 0 Å². The molecule has 3 aromatic carbocycles. The van der Waals surface area contributed by atoms with Gasteiger partial charge in [-0.05, 0) is 35.9 Å². The molecule has 0 saturated heterocycles. The molecule has 7 nitrogen and oxygen atoms in total. The molecule has 0 aliphatic carbocycles. The fourth-order valence-electron chi connectivity index (χ4n) is 3.62. The summed E-state index contributed by atoms with van der Waals surface area (Å²) >= 11 is 3.51. The second kappa shape index (κ2) is 10.4. The molecule has 0 unspecified atom stereocenters. The number of amides is 2. The van der Waals surface area contributed by atoms with E-state index in [0.717, 1.165) is 26.9 Å². The van der Waals surface area contributed by atoms with Crippen LogP contribution in [0.5, 0.6) is 0 Å². The van der Waals surface area contributed by atoms with E-state index in [9.17, 15) is 9.59 Å². The van der Waals surface area contributed by atoms with E-state index in [1.807, 2.05) is 91.8 Å². The van der Waals surface area contributed by atoms with E-state index in [-0.39, 0.29) is 19.0 Å². The summed E-state index contributed by atoms with van der Waals surface area (Å²) in [7, 11) is 3.94. The first-order valence-corrected chi connectivity index (χ1v) is 11.5. The molecule has 1 N–H and O–H groups in total. The van der Waals surface area contributed by atoms with Gasteiger partial charge >= 0.3 is 0 Å². The number of hydrogen-bond acceptors (Lipinski definition) is 5. The summed E-state index contributed by atoms with van der Waals surface area (Å²) < 4.78 is 0.860. The summed E-state index contributed by atoms with van der Waals surface area (Å²) in [5.41, 5.74) is 7.48. The lowest BCUT2D eigenvalue weighted by molar-refractivity contribution is -0.123. The van der Waals surface area contributed by atoms with Gasteiger partial charge in [-0.1, -0.05) is 58.4 Å². The van der Waals surface area contributed by atoms with E-state index in [1.54, 1.807) is 6.21 Å². The summed E-state index contributed by atoms with van der Waals surface area (Å²) in [5.74, 6) is -0.653. The van der Waals surface area contributed by atoms with Crippen molar-refractivity contribution in [1.82, 2.24) is 5.43 Å². The Morgan fingerprint density at radius 2 is 1.85 bits per heavy atom. The highest BCUT2D eigenvalue weighted by Gasteiger charge is 2.27. The third-order valence-corrected chi connectivity index (χ3v) is 5.83. The molecule has 172 valence electrons. The monoisotopic (exact) mass is 517 g/mol. The van der Waals surface area contributed by atoms with Gasteiger partial charge in [0.1, 0.15) is 13.1 Å². The lowest BCUT2D eigenvalue weighted by atomic mass is 10.0. The summed E-state index contributed by atoms with van der Waals surface area (Å²) in [5, 5.41) is 4.05. The summed E-state index contributed by atoms with van der Waals surface area (Å²) in [4.78, 5) is 33.6. The molecule has 0 fully saturated rings. The summed E-state index contributed by atoms with van der Waals surface area (Å²) in [6, 6.07) is 23.1. The first kappa shape index (κ1) is 23.4. The first-order chi connectivity index (χ1) is 16.4. The highest BCUT2D eigenvalue weighted by Crippen LogP contribution is 2.29. The van der Waals surface area contributed by atoms with Crippen molar-refractivity contribution in [2.24, 2.45) is 10.1 Å². The van der Waals surface area contributed by atoms with Gasteiger partial charge in [-0.25, -0.2) is 5.43 Å². The number of hydrogen-bond donors (Lipinski definition) is 1. The van der Waals surface area contributed by atoms with Gasteiger partial charge in [0, 0.05) is 35.4 Å². The van der Waals surface area contributed by atoms with Crippen LogP contribution < -0.4 is 15.2 Å². The molecule has 0 atom stereocenters. The van der Waals surface area contributed by atoms with Crippen LogP contribution in [0, 0.1) is 0 Å². The number of fused-ring (bicyclic) bond motifs is 1. The largest absolute Gasteiger partial charge is 0.378 e. The SMILES string of the molecule is CN(C)c1ccc(C=NNC(=O)CN2C(=O)CN=C(c3ccccc3)c3cc(Br)ccc32)cc1. The van der Waals surface area contributed by atoms with Crippen LogP contribution in [-0.2, 0) is 9.59 Å². The fraction of sp³-hybridized carbons (Fsp3) is 0.154. The van der Waals surface area contributed by atoms with Crippen molar-refractivity contribution < 1.29 is 9.59 Å². The second-order valence-electron chi connectivity index (χ2n) is 7.95. The van der Waals surface area contributed by atoms with Gasteiger partial charge in [0.15, 0.2) is 0 Å². The van der Waals surface area contributed by atoms with Gasteiger partial charge in [-0.3, -0.25) is 14.6 Å². The van der Waals surface area contributed by atoms with Gasteiger partial charge in [-0.2, -0.15) is 5.10 Å². The quantitative estimate of drug-likeness (QED) is 0.398. The van der Waals surface area contributed by atoms with Crippen LogP contribution in [-0.4, -0.2) is 50.9 Å². The van der Waals surface area contributed by atoms with E-state index in [2.05, 4.69) is 31.4 Å². The average molecular weight is 518 g/mol. The number of rotatable bonds is 6. The maximum absolute atomic E-state index is 12.9. The van der Waals surface area contributed by atoms with Gasteiger partial charge in [0.25, 0.3) is 5.91 Å². The Morgan fingerprint density at radius 3 is 2.56 bits per heavy atom. The number of hydrazone groups is 1.